The van der Waals surface area contributed by atoms with Crippen molar-refractivity contribution in [3.8, 4) is 0 Å². The largest absolute Gasteiger partial charge is 0.310 e. The van der Waals surface area contributed by atoms with Gasteiger partial charge < -0.3 is 5.32 Å². The summed E-state index contributed by atoms with van der Waals surface area (Å²) in [6.45, 7) is 10.7. The van der Waals surface area contributed by atoms with Gasteiger partial charge in [-0.3, -0.25) is 4.90 Å². The van der Waals surface area contributed by atoms with E-state index in [1.807, 2.05) is 0 Å². The van der Waals surface area contributed by atoms with Gasteiger partial charge in [0.15, 0.2) is 0 Å². The first-order chi connectivity index (χ1) is 9.61. The van der Waals surface area contributed by atoms with Crippen LogP contribution in [0.2, 0.25) is 0 Å². The molecule has 20 heavy (non-hydrogen) atoms. The Bertz CT molecular complexity index is 470. The van der Waals surface area contributed by atoms with E-state index < -0.39 is 0 Å². The summed E-state index contributed by atoms with van der Waals surface area (Å²) < 4.78 is 0. The second-order valence-corrected chi connectivity index (χ2v) is 7.01. The Morgan fingerprint density at radius 1 is 1.35 bits per heavy atom. The van der Waals surface area contributed by atoms with E-state index in [4.69, 9.17) is 0 Å². The molecule has 3 rings (SSSR count). The minimum absolute atomic E-state index is 0.286. The van der Waals surface area contributed by atoms with Gasteiger partial charge in [0.05, 0.1) is 0 Å². The topological polar surface area (TPSA) is 15.3 Å². The zero-order valence-electron chi connectivity index (χ0n) is 13.2. The summed E-state index contributed by atoms with van der Waals surface area (Å²) in [6, 6.07) is 9.66. The van der Waals surface area contributed by atoms with Crippen LogP contribution in [0.1, 0.15) is 50.7 Å². The van der Waals surface area contributed by atoms with Crippen molar-refractivity contribution in [2.24, 2.45) is 0 Å². The van der Waals surface area contributed by atoms with Gasteiger partial charge in [0.1, 0.15) is 0 Å². The van der Waals surface area contributed by atoms with Gasteiger partial charge in [-0.15, -0.1) is 0 Å². The zero-order valence-corrected chi connectivity index (χ0v) is 13.2. The quantitative estimate of drug-likeness (QED) is 0.909. The molecular formula is C18H28N2. The van der Waals surface area contributed by atoms with E-state index in [0.717, 1.165) is 12.5 Å². The molecule has 0 radical (unpaired) electrons. The van der Waals surface area contributed by atoms with Gasteiger partial charge in [-0.2, -0.15) is 0 Å². The highest BCUT2D eigenvalue weighted by molar-refractivity contribution is 5.40. The van der Waals surface area contributed by atoms with Crippen molar-refractivity contribution < 1.29 is 0 Å². The van der Waals surface area contributed by atoms with Crippen molar-refractivity contribution in [2.75, 3.05) is 19.6 Å². The highest BCUT2D eigenvalue weighted by atomic mass is 15.2. The predicted octanol–water partition coefficient (Wildman–Crippen LogP) is 3.18. The molecule has 0 spiro atoms. The van der Waals surface area contributed by atoms with Crippen molar-refractivity contribution in [3.63, 3.8) is 0 Å². The number of nitrogens with zero attached hydrogens (tertiary/aromatic N) is 1. The fraction of sp³-hybridized carbons (Fsp3) is 0.667. The van der Waals surface area contributed by atoms with Crippen molar-refractivity contribution in [2.45, 2.75) is 57.5 Å². The summed E-state index contributed by atoms with van der Waals surface area (Å²) in [5.41, 5.74) is 3.44. The lowest BCUT2D eigenvalue weighted by Gasteiger charge is -2.40. The number of fused-ring (bicyclic) bond motifs is 1. The lowest BCUT2D eigenvalue weighted by molar-refractivity contribution is 0.157. The fourth-order valence-electron chi connectivity index (χ4n) is 3.72. The third-order valence-corrected chi connectivity index (χ3v) is 5.49. The summed E-state index contributed by atoms with van der Waals surface area (Å²) in [7, 11) is 0. The average molecular weight is 272 g/mol. The first kappa shape index (κ1) is 14.1. The zero-order chi connectivity index (χ0) is 14.2. The molecule has 1 aromatic rings. The molecule has 2 nitrogen and oxygen atoms in total. The van der Waals surface area contributed by atoms with Crippen LogP contribution in [-0.4, -0.2) is 36.1 Å². The molecule has 0 aromatic heterocycles. The van der Waals surface area contributed by atoms with Crippen LogP contribution in [-0.2, 0) is 6.42 Å². The molecule has 0 saturated carbocycles. The maximum Gasteiger partial charge on any atom is 0.0277 e. The second kappa shape index (κ2) is 5.50. The molecule has 1 N–H and O–H groups in total. The van der Waals surface area contributed by atoms with Gasteiger partial charge in [0.25, 0.3) is 0 Å². The number of hydrogen-bond acceptors (Lipinski definition) is 2. The maximum absolute atomic E-state index is 3.75. The van der Waals surface area contributed by atoms with E-state index in [-0.39, 0.29) is 5.54 Å². The molecule has 2 heteroatoms. The number of rotatable bonds is 3. The van der Waals surface area contributed by atoms with Crippen LogP contribution in [0.4, 0.5) is 0 Å². The van der Waals surface area contributed by atoms with E-state index in [1.165, 1.54) is 32.4 Å². The smallest absolute Gasteiger partial charge is 0.0277 e. The maximum atomic E-state index is 3.75. The summed E-state index contributed by atoms with van der Waals surface area (Å²) >= 11 is 0. The molecule has 1 heterocycles. The van der Waals surface area contributed by atoms with Gasteiger partial charge in [0, 0.05) is 30.6 Å². The lowest BCUT2D eigenvalue weighted by atomic mass is 9.77. The van der Waals surface area contributed by atoms with Crippen molar-refractivity contribution >= 4 is 0 Å². The molecule has 3 unspecified atom stereocenters. The highest BCUT2D eigenvalue weighted by Gasteiger charge is 2.34. The van der Waals surface area contributed by atoms with Crippen LogP contribution in [0.15, 0.2) is 24.3 Å². The van der Waals surface area contributed by atoms with Gasteiger partial charge in [0.2, 0.25) is 0 Å². The minimum Gasteiger partial charge on any atom is -0.310 e. The Labute approximate surface area is 123 Å². The summed E-state index contributed by atoms with van der Waals surface area (Å²) in [5, 5.41) is 3.75. The Morgan fingerprint density at radius 3 is 2.90 bits per heavy atom. The molecule has 2 aliphatic rings. The first-order valence-corrected chi connectivity index (χ1v) is 8.18. The molecule has 0 amide bonds. The second-order valence-electron chi connectivity index (χ2n) is 7.01. The predicted molar refractivity (Wildman–Crippen MR) is 85.2 cm³/mol. The van der Waals surface area contributed by atoms with Gasteiger partial charge in [-0.25, -0.2) is 0 Å². The molecule has 1 aliphatic heterocycles. The van der Waals surface area contributed by atoms with E-state index in [0.29, 0.717) is 6.04 Å². The van der Waals surface area contributed by atoms with Crippen LogP contribution < -0.4 is 5.32 Å². The summed E-state index contributed by atoms with van der Waals surface area (Å²) in [6.07, 6.45) is 3.75. The van der Waals surface area contributed by atoms with E-state index >= 15 is 0 Å². The highest BCUT2D eigenvalue weighted by Crippen LogP contribution is 2.36. The average Bonchev–Trinajstić information content (AvgIpc) is 2.56. The van der Waals surface area contributed by atoms with E-state index in [2.05, 4.69) is 55.3 Å². The van der Waals surface area contributed by atoms with E-state index in [1.54, 1.807) is 11.1 Å². The van der Waals surface area contributed by atoms with Crippen LogP contribution in [0.25, 0.3) is 0 Å². The first-order valence-electron chi connectivity index (χ1n) is 8.18. The van der Waals surface area contributed by atoms with Crippen LogP contribution in [0.3, 0.4) is 0 Å². The van der Waals surface area contributed by atoms with Crippen molar-refractivity contribution in [3.05, 3.63) is 35.4 Å². The fourth-order valence-corrected chi connectivity index (χ4v) is 3.72. The number of hydrogen-bond donors (Lipinski definition) is 1. The molecule has 3 atom stereocenters. The Kier molecular flexibility index (Phi) is 3.87. The van der Waals surface area contributed by atoms with Crippen LogP contribution >= 0.6 is 0 Å². The number of nitrogens with one attached hydrogen (secondary N) is 1. The van der Waals surface area contributed by atoms with Gasteiger partial charge in [-0.05, 0) is 50.8 Å². The molecular weight excluding hydrogens is 244 g/mol. The van der Waals surface area contributed by atoms with Crippen molar-refractivity contribution in [1.82, 2.24) is 10.2 Å². The van der Waals surface area contributed by atoms with E-state index in [9.17, 15) is 0 Å². The van der Waals surface area contributed by atoms with Crippen LogP contribution in [0.5, 0.6) is 0 Å². The minimum atomic E-state index is 0.286. The summed E-state index contributed by atoms with van der Waals surface area (Å²) in [5.74, 6) is 0.757. The number of benzene rings is 1. The standard InChI is InChI=1S/C18H28N2/c1-4-18(3)13-20(14(2)9-10-19-18)12-16-11-15-7-5-6-8-17(15)16/h5-8,14,16,19H,4,9-13H2,1-3H3. The monoisotopic (exact) mass is 272 g/mol. The third-order valence-electron chi connectivity index (χ3n) is 5.49. The van der Waals surface area contributed by atoms with Gasteiger partial charge in [-0.1, -0.05) is 31.2 Å². The molecule has 1 saturated heterocycles. The lowest BCUT2D eigenvalue weighted by Crippen LogP contribution is -2.50. The Hall–Kier alpha value is -0.860. The molecule has 1 aliphatic carbocycles. The molecule has 110 valence electrons. The van der Waals surface area contributed by atoms with Crippen molar-refractivity contribution in [1.29, 1.82) is 0 Å². The normalized spacial score (nSPS) is 34.1. The SMILES string of the molecule is CCC1(C)CN(CC2Cc3ccccc32)C(C)CCN1. The molecule has 0 bridgehead atoms. The van der Waals surface area contributed by atoms with Crippen LogP contribution in [0, 0.1) is 0 Å². The molecule has 1 aromatic carbocycles. The Morgan fingerprint density at radius 2 is 2.15 bits per heavy atom. The summed E-state index contributed by atoms with van der Waals surface area (Å²) in [4.78, 5) is 2.73. The molecule has 1 fully saturated rings. The van der Waals surface area contributed by atoms with Gasteiger partial charge >= 0.3 is 0 Å². The Balaban J connectivity index is 1.70. The third kappa shape index (κ3) is 2.64.